The second-order valence-electron chi connectivity index (χ2n) is 9.78. The van der Waals surface area contributed by atoms with Gasteiger partial charge in [-0.15, -0.1) is 0 Å². The van der Waals surface area contributed by atoms with E-state index in [-0.39, 0.29) is 18.9 Å². The molecular weight excluding hydrogens is 598 g/mol. The van der Waals surface area contributed by atoms with E-state index in [0.717, 1.165) is 21.3 Å². The number of hydrazine groups is 1. The lowest BCUT2D eigenvalue weighted by atomic mass is 9.82. The summed E-state index contributed by atoms with van der Waals surface area (Å²) in [5, 5.41) is 9.04. The molecule has 3 N–H and O–H groups in total. The first-order chi connectivity index (χ1) is 20.5. The van der Waals surface area contributed by atoms with Crippen LogP contribution in [0.5, 0.6) is 11.5 Å². The molecule has 0 saturated carbocycles. The Kier molecular flexibility index (Phi) is 9.41. The van der Waals surface area contributed by atoms with Gasteiger partial charge in [-0.1, -0.05) is 64.5 Å². The van der Waals surface area contributed by atoms with Crippen LogP contribution < -0.4 is 20.3 Å². The topological polar surface area (TPSA) is 101 Å². The number of nitrogens with one attached hydrogen (secondary N) is 2. The number of rotatable bonds is 12. The zero-order chi connectivity index (χ0) is 29.4. The number of carbonyl (C=O) groups excluding carboxylic acids is 1. The van der Waals surface area contributed by atoms with E-state index in [1.807, 2.05) is 103 Å². The summed E-state index contributed by atoms with van der Waals surface area (Å²) in [5.41, 5.74) is 7.64. The van der Waals surface area contributed by atoms with Crippen LogP contribution in [0, 0.1) is 0 Å². The maximum absolute atomic E-state index is 14.3. The summed E-state index contributed by atoms with van der Waals surface area (Å²) in [7, 11) is 1.60. The number of nitrogens with zero attached hydrogens (tertiary/aromatic N) is 1. The lowest BCUT2D eigenvalue weighted by Crippen LogP contribution is -2.51. The standard InChI is InChI=1S/C33H32BrN3O5/c1-40-28-13-7-10-24(21-28)30-33(22-25-9-5-6-14-29(25)34,32(39)37-36-26-11-3-2-4-12-26)35-31(42-30)23-15-17-27(18-16-23)41-20-8-19-38/h2-7,9-18,21,30,36,38H,8,19-20,22H2,1H3,(H,37,39)/t30-,33-/m0/s1. The number of ether oxygens (including phenoxy) is 3. The number of halogens is 1. The molecule has 9 heteroatoms. The number of hydrogen-bond donors (Lipinski definition) is 3. The maximum Gasteiger partial charge on any atom is 0.270 e. The van der Waals surface area contributed by atoms with Crippen LogP contribution in [0.4, 0.5) is 5.69 Å². The Morgan fingerprint density at radius 3 is 2.48 bits per heavy atom. The summed E-state index contributed by atoms with van der Waals surface area (Å²) in [5.74, 6) is 1.30. The molecule has 4 aromatic carbocycles. The SMILES string of the molecule is COc1cccc([C@@H]2OC(c3ccc(OCCCO)cc3)=N[C@]2(Cc2ccccc2Br)C(=O)NNc2ccccc2)c1. The largest absolute Gasteiger partial charge is 0.497 e. The van der Waals surface area contributed by atoms with E-state index in [0.29, 0.717) is 36.0 Å². The summed E-state index contributed by atoms with van der Waals surface area (Å²) in [4.78, 5) is 19.4. The molecule has 1 aliphatic rings. The molecule has 0 bridgehead atoms. The number of methoxy groups -OCH3 is 1. The van der Waals surface area contributed by atoms with Gasteiger partial charge in [0.2, 0.25) is 5.90 Å². The summed E-state index contributed by atoms with van der Waals surface area (Å²) in [6.07, 6.45) is 0.0290. The molecule has 0 aliphatic carbocycles. The second kappa shape index (κ2) is 13.5. The highest BCUT2D eigenvalue weighted by Crippen LogP contribution is 2.44. The Balaban J connectivity index is 1.57. The highest BCUT2D eigenvalue weighted by molar-refractivity contribution is 9.10. The van der Waals surface area contributed by atoms with E-state index < -0.39 is 11.6 Å². The van der Waals surface area contributed by atoms with E-state index in [2.05, 4.69) is 26.8 Å². The van der Waals surface area contributed by atoms with Crippen molar-refractivity contribution in [2.45, 2.75) is 24.5 Å². The van der Waals surface area contributed by atoms with Crippen molar-refractivity contribution in [3.8, 4) is 11.5 Å². The van der Waals surface area contributed by atoms with Crippen LogP contribution in [-0.2, 0) is 16.0 Å². The molecule has 8 nitrogen and oxygen atoms in total. The maximum atomic E-state index is 14.3. The Hall–Kier alpha value is -4.34. The average Bonchev–Trinajstić information content (AvgIpc) is 3.42. The quantitative estimate of drug-likeness (QED) is 0.134. The summed E-state index contributed by atoms with van der Waals surface area (Å²) >= 11 is 3.66. The minimum Gasteiger partial charge on any atom is -0.497 e. The first-order valence-corrected chi connectivity index (χ1v) is 14.4. The van der Waals surface area contributed by atoms with Crippen LogP contribution in [0.25, 0.3) is 0 Å². The van der Waals surface area contributed by atoms with Gasteiger partial charge in [-0.05, 0) is 65.7 Å². The normalized spacial score (nSPS) is 17.6. The van der Waals surface area contributed by atoms with Crippen molar-refractivity contribution >= 4 is 33.4 Å². The molecule has 0 radical (unpaired) electrons. The van der Waals surface area contributed by atoms with Crippen LogP contribution in [0.2, 0.25) is 0 Å². The van der Waals surface area contributed by atoms with Crippen LogP contribution >= 0.6 is 15.9 Å². The van der Waals surface area contributed by atoms with E-state index >= 15 is 0 Å². The fourth-order valence-corrected chi connectivity index (χ4v) is 5.20. The molecule has 216 valence electrons. The zero-order valence-electron chi connectivity index (χ0n) is 23.1. The molecule has 0 spiro atoms. The van der Waals surface area contributed by atoms with Gasteiger partial charge in [0.25, 0.3) is 5.91 Å². The van der Waals surface area contributed by atoms with Gasteiger partial charge in [0.1, 0.15) is 11.5 Å². The molecule has 1 amide bonds. The Morgan fingerprint density at radius 1 is 0.976 bits per heavy atom. The summed E-state index contributed by atoms with van der Waals surface area (Å²) in [6, 6.07) is 32.0. The van der Waals surface area contributed by atoms with Crippen LogP contribution in [-0.4, -0.2) is 42.8 Å². The molecule has 1 aliphatic heterocycles. The van der Waals surface area contributed by atoms with Crippen molar-refractivity contribution in [3.63, 3.8) is 0 Å². The van der Waals surface area contributed by atoms with Crippen molar-refractivity contribution < 1.29 is 24.1 Å². The smallest absolute Gasteiger partial charge is 0.270 e. The number of anilines is 1. The Bertz CT molecular complexity index is 1530. The molecule has 0 unspecified atom stereocenters. The minimum atomic E-state index is -1.39. The number of para-hydroxylation sites is 1. The third kappa shape index (κ3) is 6.58. The molecular formula is C33H32BrN3O5. The van der Waals surface area contributed by atoms with Crippen molar-refractivity contribution in [3.05, 3.63) is 124 Å². The van der Waals surface area contributed by atoms with Crippen LogP contribution in [0.15, 0.2) is 113 Å². The summed E-state index contributed by atoms with van der Waals surface area (Å²) in [6.45, 7) is 0.476. The van der Waals surface area contributed by atoms with Gasteiger partial charge in [0, 0.05) is 29.5 Å². The Morgan fingerprint density at radius 2 is 1.74 bits per heavy atom. The number of carbonyl (C=O) groups is 1. The van der Waals surface area contributed by atoms with E-state index in [9.17, 15) is 4.79 Å². The van der Waals surface area contributed by atoms with E-state index in [1.165, 1.54) is 0 Å². The number of aliphatic hydroxyl groups excluding tert-OH is 1. The second-order valence-corrected chi connectivity index (χ2v) is 10.6. The first-order valence-electron chi connectivity index (χ1n) is 13.6. The molecule has 42 heavy (non-hydrogen) atoms. The predicted octanol–water partition coefficient (Wildman–Crippen LogP) is 5.86. The van der Waals surface area contributed by atoms with Gasteiger partial charge < -0.3 is 19.3 Å². The number of hydrogen-bond acceptors (Lipinski definition) is 7. The van der Waals surface area contributed by atoms with Crippen LogP contribution in [0.1, 0.15) is 29.2 Å². The van der Waals surface area contributed by atoms with Gasteiger partial charge in [-0.3, -0.25) is 15.6 Å². The molecule has 0 saturated heterocycles. The molecule has 2 atom stereocenters. The van der Waals surface area contributed by atoms with Crippen molar-refractivity contribution in [2.75, 3.05) is 25.7 Å². The molecule has 1 heterocycles. The Labute approximate surface area is 253 Å². The van der Waals surface area contributed by atoms with Gasteiger partial charge in [0.15, 0.2) is 11.6 Å². The fraction of sp³-hybridized carbons (Fsp3) is 0.212. The predicted molar refractivity (Wildman–Crippen MR) is 166 cm³/mol. The van der Waals surface area contributed by atoms with Gasteiger partial charge in [-0.2, -0.15) is 0 Å². The van der Waals surface area contributed by atoms with E-state index in [4.69, 9.17) is 24.3 Å². The van der Waals surface area contributed by atoms with Gasteiger partial charge >= 0.3 is 0 Å². The third-order valence-corrected chi connectivity index (χ3v) is 7.71. The average molecular weight is 631 g/mol. The minimum absolute atomic E-state index is 0.0647. The monoisotopic (exact) mass is 629 g/mol. The number of amides is 1. The summed E-state index contributed by atoms with van der Waals surface area (Å²) < 4.78 is 18.7. The van der Waals surface area contributed by atoms with Crippen molar-refractivity contribution in [1.82, 2.24) is 5.43 Å². The third-order valence-electron chi connectivity index (χ3n) is 6.94. The number of aliphatic imine (C=N–C) groups is 1. The van der Waals surface area contributed by atoms with E-state index in [1.54, 1.807) is 7.11 Å². The van der Waals surface area contributed by atoms with Crippen molar-refractivity contribution in [1.29, 1.82) is 0 Å². The van der Waals surface area contributed by atoms with Gasteiger partial charge in [-0.25, -0.2) is 4.99 Å². The zero-order valence-corrected chi connectivity index (χ0v) is 24.7. The molecule has 5 rings (SSSR count). The molecule has 0 aromatic heterocycles. The molecule has 4 aromatic rings. The lowest BCUT2D eigenvalue weighted by Gasteiger charge is -2.31. The number of aliphatic hydroxyl groups is 1. The lowest BCUT2D eigenvalue weighted by molar-refractivity contribution is -0.128. The molecule has 0 fully saturated rings. The van der Waals surface area contributed by atoms with Gasteiger partial charge in [0.05, 0.1) is 19.4 Å². The fourth-order valence-electron chi connectivity index (χ4n) is 4.78. The highest BCUT2D eigenvalue weighted by Gasteiger charge is 2.53. The van der Waals surface area contributed by atoms with Crippen LogP contribution in [0.3, 0.4) is 0 Å². The first kappa shape index (κ1) is 29.2. The number of benzene rings is 4. The highest BCUT2D eigenvalue weighted by atomic mass is 79.9. The van der Waals surface area contributed by atoms with Crippen molar-refractivity contribution in [2.24, 2.45) is 4.99 Å².